The number of rotatable bonds is 8. The summed E-state index contributed by atoms with van der Waals surface area (Å²) in [4.78, 5) is 27.5. The van der Waals surface area contributed by atoms with Crippen molar-refractivity contribution in [2.75, 3.05) is 13.1 Å². The van der Waals surface area contributed by atoms with Gasteiger partial charge >= 0.3 is 5.91 Å². The lowest BCUT2D eigenvalue weighted by atomic mass is 10.2. The number of hydrogen-bond donors (Lipinski definition) is 2. The van der Waals surface area contributed by atoms with E-state index in [0.29, 0.717) is 23.9 Å². The zero-order valence-electron chi connectivity index (χ0n) is 17.8. The molecule has 1 fully saturated rings. The molecule has 1 aliphatic rings. The maximum Gasteiger partial charge on any atom is 0.305 e. The topological polar surface area (TPSA) is 92.4 Å². The predicted octanol–water partition coefficient (Wildman–Crippen LogP) is 3.26. The second-order valence-electron chi connectivity index (χ2n) is 7.61. The summed E-state index contributed by atoms with van der Waals surface area (Å²) in [7, 11) is 0. The zero-order chi connectivity index (χ0) is 21.8. The predicted molar refractivity (Wildman–Crippen MR) is 116 cm³/mol. The second-order valence-corrected chi connectivity index (χ2v) is 7.61. The highest BCUT2D eigenvalue weighted by Crippen LogP contribution is 2.39. The van der Waals surface area contributed by atoms with E-state index in [1.807, 2.05) is 30.3 Å². The third-order valence-electron chi connectivity index (χ3n) is 5.41. The molecule has 8 nitrogen and oxygen atoms in total. The Kier molecular flexibility index (Phi) is 6.18. The molecule has 0 saturated heterocycles. The van der Waals surface area contributed by atoms with Gasteiger partial charge in [0.25, 0.3) is 5.91 Å². The first-order chi connectivity index (χ1) is 15.1. The van der Waals surface area contributed by atoms with E-state index in [1.54, 1.807) is 22.9 Å². The molecule has 1 saturated carbocycles. The van der Waals surface area contributed by atoms with Crippen molar-refractivity contribution >= 4 is 11.8 Å². The summed E-state index contributed by atoms with van der Waals surface area (Å²) in [5.41, 5.74) is 6.98. The van der Waals surface area contributed by atoms with Gasteiger partial charge in [-0.3, -0.25) is 25.3 Å². The van der Waals surface area contributed by atoms with Crippen molar-refractivity contribution in [3.8, 4) is 5.69 Å². The summed E-state index contributed by atoms with van der Waals surface area (Å²) in [6.45, 7) is 6.57. The highest BCUT2D eigenvalue weighted by molar-refractivity contribution is 5.97. The van der Waals surface area contributed by atoms with Crippen LogP contribution in [0.25, 0.3) is 5.69 Å². The summed E-state index contributed by atoms with van der Waals surface area (Å²) >= 11 is 0. The first-order valence-corrected chi connectivity index (χ1v) is 10.7. The van der Waals surface area contributed by atoms with Crippen LogP contribution in [0.3, 0.4) is 0 Å². The summed E-state index contributed by atoms with van der Waals surface area (Å²) in [6, 6.07) is 14.7. The van der Waals surface area contributed by atoms with Gasteiger partial charge in [0.15, 0.2) is 5.76 Å². The van der Waals surface area contributed by atoms with E-state index in [4.69, 9.17) is 4.42 Å². The van der Waals surface area contributed by atoms with Crippen molar-refractivity contribution in [1.29, 1.82) is 0 Å². The van der Waals surface area contributed by atoms with E-state index in [0.717, 1.165) is 37.3 Å². The van der Waals surface area contributed by atoms with Crippen LogP contribution in [0.4, 0.5) is 0 Å². The number of nitrogens with one attached hydrogen (secondary N) is 2. The molecular formula is C23H27N5O3. The molecule has 162 valence electrons. The average molecular weight is 422 g/mol. The van der Waals surface area contributed by atoms with Crippen molar-refractivity contribution in [1.82, 2.24) is 25.5 Å². The molecule has 2 heterocycles. The van der Waals surface area contributed by atoms with Crippen LogP contribution < -0.4 is 10.9 Å². The molecule has 0 unspecified atom stereocenters. The fraction of sp³-hybridized carbons (Fsp3) is 0.348. The van der Waals surface area contributed by atoms with Crippen molar-refractivity contribution in [2.45, 2.75) is 39.2 Å². The summed E-state index contributed by atoms with van der Waals surface area (Å²) in [6.07, 6.45) is 2.16. The van der Waals surface area contributed by atoms with Crippen LogP contribution in [0.2, 0.25) is 0 Å². The molecule has 1 aromatic carbocycles. The summed E-state index contributed by atoms with van der Waals surface area (Å²) in [5.74, 6) is 0.311. The van der Waals surface area contributed by atoms with Gasteiger partial charge < -0.3 is 4.42 Å². The minimum absolute atomic E-state index is 0.151. The number of aromatic nitrogens is 2. The number of furan rings is 1. The normalized spacial score (nSPS) is 13.4. The Bertz CT molecular complexity index is 1050. The smallest absolute Gasteiger partial charge is 0.305 e. The summed E-state index contributed by atoms with van der Waals surface area (Å²) < 4.78 is 7.25. The average Bonchev–Trinajstić information content (AvgIpc) is 3.38. The molecule has 0 bridgehead atoms. The standard InChI is InChI=1S/C23H27N5O3/c1-3-27(4-2)15-18-12-13-21(31-18)23(30)25-24-22(29)20-14-19(16-10-11-16)26-28(20)17-8-6-5-7-9-17/h5-9,12-14,16H,3-4,10-11,15H2,1-2H3,(H,24,29)(H,25,30). The van der Waals surface area contributed by atoms with E-state index in [2.05, 4.69) is 34.7 Å². The second kappa shape index (κ2) is 9.18. The lowest BCUT2D eigenvalue weighted by Gasteiger charge is -2.15. The van der Waals surface area contributed by atoms with E-state index >= 15 is 0 Å². The minimum atomic E-state index is -0.507. The lowest BCUT2D eigenvalue weighted by Crippen LogP contribution is -2.42. The van der Waals surface area contributed by atoms with Gasteiger partial charge in [-0.05, 0) is 56.3 Å². The third kappa shape index (κ3) is 4.86. The molecule has 0 spiro atoms. The number of amides is 2. The molecule has 0 atom stereocenters. The van der Waals surface area contributed by atoms with Gasteiger partial charge in [0.1, 0.15) is 11.5 Å². The summed E-state index contributed by atoms with van der Waals surface area (Å²) in [5, 5.41) is 4.62. The Morgan fingerprint density at radius 1 is 1.06 bits per heavy atom. The fourth-order valence-corrected chi connectivity index (χ4v) is 3.40. The van der Waals surface area contributed by atoms with Crippen LogP contribution in [0.5, 0.6) is 0 Å². The number of hydrazine groups is 1. The third-order valence-corrected chi connectivity index (χ3v) is 5.41. The number of nitrogens with zero attached hydrogens (tertiary/aromatic N) is 3. The van der Waals surface area contributed by atoms with E-state index in [1.165, 1.54) is 0 Å². The number of hydrogen-bond acceptors (Lipinski definition) is 5. The molecule has 31 heavy (non-hydrogen) atoms. The van der Waals surface area contributed by atoms with Crippen LogP contribution in [-0.4, -0.2) is 39.6 Å². The number of benzene rings is 1. The monoisotopic (exact) mass is 421 g/mol. The van der Waals surface area contributed by atoms with Gasteiger partial charge in [-0.25, -0.2) is 4.68 Å². The molecule has 1 aliphatic carbocycles. The number of para-hydroxylation sites is 1. The zero-order valence-corrected chi connectivity index (χ0v) is 17.8. The Morgan fingerprint density at radius 3 is 2.45 bits per heavy atom. The van der Waals surface area contributed by atoms with Gasteiger partial charge in [-0.1, -0.05) is 32.0 Å². The van der Waals surface area contributed by atoms with Crippen molar-refractivity contribution in [3.63, 3.8) is 0 Å². The van der Waals surface area contributed by atoms with Crippen LogP contribution in [0.1, 0.15) is 65.1 Å². The van der Waals surface area contributed by atoms with Crippen LogP contribution in [-0.2, 0) is 6.54 Å². The molecule has 3 aromatic rings. The minimum Gasteiger partial charge on any atom is -0.454 e. The van der Waals surface area contributed by atoms with Crippen LogP contribution in [0, 0.1) is 0 Å². The maximum absolute atomic E-state index is 12.8. The SMILES string of the molecule is CCN(CC)Cc1ccc(C(=O)NNC(=O)c2cc(C3CC3)nn2-c2ccccc2)o1. The van der Waals surface area contributed by atoms with Crippen LogP contribution >= 0.6 is 0 Å². The molecular weight excluding hydrogens is 394 g/mol. The van der Waals surface area contributed by atoms with Gasteiger partial charge in [-0.2, -0.15) is 5.10 Å². The molecule has 0 radical (unpaired) electrons. The Morgan fingerprint density at radius 2 is 1.77 bits per heavy atom. The van der Waals surface area contributed by atoms with E-state index < -0.39 is 11.8 Å². The highest BCUT2D eigenvalue weighted by atomic mass is 16.4. The molecule has 8 heteroatoms. The molecule has 2 N–H and O–H groups in total. The van der Waals surface area contributed by atoms with E-state index in [9.17, 15) is 9.59 Å². The van der Waals surface area contributed by atoms with Crippen molar-refractivity contribution in [2.24, 2.45) is 0 Å². The number of carbonyl (C=O) groups is 2. The van der Waals surface area contributed by atoms with Gasteiger partial charge in [0, 0.05) is 5.92 Å². The van der Waals surface area contributed by atoms with Gasteiger partial charge in [0.2, 0.25) is 0 Å². The van der Waals surface area contributed by atoms with Crippen molar-refractivity contribution in [3.05, 3.63) is 71.4 Å². The first-order valence-electron chi connectivity index (χ1n) is 10.7. The van der Waals surface area contributed by atoms with Gasteiger partial charge in [-0.15, -0.1) is 0 Å². The quantitative estimate of drug-likeness (QED) is 0.545. The number of carbonyl (C=O) groups excluding carboxylic acids is 2. The van der Waals surface area contributed by atoms with Crippen LogP contribution in [0.15, 0.2) is 52.9 Å². The molecule has 2 amide bonds. The highest BCUT2D eigenvalue weighted by Gasteiger charge is 2.29. The maximum atomic E-state index is 12.8. The Labute approximate surface area is 181 Å². The van der Waals surface area contributed by atoms with E-state index in [-0.39, 0.29) is 5.76 Å². The largest absolute Gasteiger partial charge is 0.454 e. The molecule has 2 aromatic heterocycles. The first kappa shape index (κ1) is 20.9. The molecule has 0 aliphatic heterocycles. The lowest BCUT2D eigenvalue weighted by molar-refractivity contribution is 0.0825. The Hall–Kier alpha value is -3.39. The Balaban J connectivity index is 1.43. The van der Waals surface area contributed by atoms with Crippen molar-refractivity contribution < 1.29 is 14.0 Å². The molecule has 4 rings (SSSR count). The van der Waals surface area contributed by atoms with Gasteiger partial charge in [0.05, 0.1) is 17.9 Å². The fourth-order valence-electron chi connectivity index (χ4n) is 3.40.